The molecule has 3 rings (SSSR count). The first kappa shape index (κ1) is 18.5. The second-order valence-electron chi connectivity index (χ2n) is 5.84. The number of fused-ring (bicyclic) bond motifs is 1. The third-order valence-corrected chi connectivity index (χ3v) is 4.31. The van der Waals surface area contributed by atoms with Crippen LogP contribution < -0.4 is 16.2 Å². The zero-order valence-electron chi connectivity index (χ0n) is 14.5. The number of nitrogens with zero attached hydrogens (tertiary/aromatic N) is 1. The largest absolute Gasteiger partial charge is 0.350 e. The highest BCUT2D eigenvalue weighted by atomic mass is 35.5. The van der Waals surface area contributed by atoms with E-state index in [1.165, 1.54) is 0 Å². The van der Waals surface area contributed by atoms with Crippen LogP contribution in [0.2, 0.25) is 5.02 Å². The maximum atomic E-state index is 12.3. The normalized spacial score (nSPS) is 10.4. The van der Waals surface area contributed by atoms with Crippen molar-refractivity contribution in [3.63, 3.8) is 0 Å². The van der Waals surface area contributed by atoms with Gasteiger partial charge in [-0.1, -0.05) is 41.9 Å². The maximum absolute atomic E-state index is 12.3. The Balaban J connectivity index is 1.55. The molecule has 0 saturated heterocycles. The summed E-state index contributed by atoms with van der Waals surface area (Å²) in [4.78, 5) is 36.2. The number of nitrogens with one attached hydrogen (secondary N) is 3. The van der Waals surface area contributed by atoms with Gasteiger partial charge < -0.3 is 9.88 Å². The Bertz CT molecular complexity index is 1030. The Labute approximate surface area is 160 Å². The SMILES string of the molecule is Cn1cc(C(=O)NNC(=O)CNC(=O)c2ccccc2Cl)c2ccccc21. The highest BCUT2D eigenvalue weighted by molar-refractivity contribution is 6.33. The Kier molecular flexibility index (Phi) is 5.42. The molecule has 0 aliphatic rings. The summed E-state index contributed by atoms with van der Waals surface area (Å²) in [6, 6.07) is 14.0. The molecule has 0 saturated carbocycles. The Morgan fingerprint density at radius 3 is 2.41 bits per heavy atom. The van der Waals surface area contributed by atoms with Gasteiger partial charge in [-0.3, -0.25) is 25.2 Å². The standard InChI is InChI=1S/C19H17ClN4O3/c1-24-11-14(12-6-3-5-9-16(12)24)19(27)23-22-17(25)10-21-18(26)13-7-2-4-8-15(13)20/h2-9,11H,10H2,1H3,(H,21,26)(H,22,25)(H,23,27). The minimum absolute atomic E-state index is 0.270. The molecular weight excluding hydrogens is 368 g/mol. The van der Waals surface area contributed by atoms with Crippen LogP contribution in [0.5, 0.6) is 0 Å². The van der Waals surface area contributed by atoms with Gasteiger partial charge in [0, 0.05) is 24.1 Å². The average molecular weight is 385 g/mol. The van der Waals surface area contributed by atoms with Crippen LogP contribution in [-0.4, -0.2) is 28.8 Å². The summed E-state index contributed by atoms with van der Waals surface area (Å²) in [5.74, 6) is -1.49. The smallest absolute Gasteiger partial charge is 0.271 e. The summed E-state index contributed by atoms with van der Waals surface area (Å²) >= 11 is 5.93. The van der Waals surface area contributed by atoms with E-state index in [0.717, 1.165) is 10.9 Å². The lowest BCUT2D eigenvalue weighted by atomic mass is 10.2. The van der Waals surface area contributed by atoms with Gasteiger partial charge in [-0.25, -0.2) is 0 Å². The third-order valence-electron chi connectivity index (χ3n) is 3.99. The first-order chi connectivity index (χ1) is 13.0. The molecule has 0 aliphatic carbocycles. The van der Waals surface area contributed by atoms with Crippen LogP contribution in [0.15, 0.2) is 54.7 Å². The molecule has 0 fully saturated rings. The number of para-hydroxylation sites is 1. The quantitative estimate of drug-likeness (QED) is 0.601. The molecule has 0 bridgehead atoms. The monoisotopic (exact) mass is 384 g/mol. The summed E-state index contributed by atoms with van der Waals surface area (Å²) < 4.78 is 1.83. The molecule has 138 valence electrons. The zero-order valence-corrected chi connectivity index (χ0v) is 15.2. The minimum atomic E-state index is -0.566. The van der Waals surface area contributed by atoms with Crippen molar-refractivity contribution >= 4 is 40.2 Å². The number of hydrogen-bond acceptors (Lipinski definition) is 3. The molecule has 0 radical (unpaired) electrons. The van der Waals surface area contributed by atoms with Gasteiger partial charge in [0.05, 0.1) is 22.7 Å². The molecular formula is C19H17ClN4O3. The van der Waals surface area contributed by atoms with Gasteiger partial charge >= 0.3 is 0 Å². The highest BCUT2D eigenvalue weighted by Gasteiger charge is 2.15. The second kappa shape index (κ2) is 7.92. The number of amides is 3. The molecule has 1 aromatic heterocycles. The number of carbonyl (C=O) groups is 3. The van der Waals surface area contributed by atoms with Crippen LogP contribution in [0.3, 0.4) is 0 Å². The van der Waals surface area contributed by atoms with Crippen molar-refractivity contribution in [1.82, 2.24) is 20.7 Å². The van der Waals surface area contributed by atoms with Crippen LogP contribution in [0.25, 0.3) is 10.9 Å². The minimum Gasteiger partial charge on any atom is -0.350 e. The predicted molar refractivity (Wildman–Crippen MR) is 102 cm³/mol. The summed E-state index contributed by atoms with van der Waals surface area (Å²) in [5, 5.41) is 3.51. The van der Waals surface area contributed by atoms with Crippen LogP contribution in [0.1, 0.15) is 20.7 Å². The predicted octanol–water partition coefficient (Wildman–Crippen LogP) is 2.02. The fourth-order valence-electron chi connectivity index (χ4n) is 2.66. The number of aromatic nitrogens is 1. The van der Waals surface area contributed by atoms with Gasteiger partial charge in [-0.15, -0.1) is 0 Å². The Morgan fingerprint density at radius 1 is 0.926 bits per heavy atom. The van der Waals surface area contributed by atoms with E-state index in [1.807, 2.05) is 35.9 Å². The fraction of sp³-hybridized carbons (Fsp3) is 0.105. The van der Waals surface area contributed by atoms with Crippen molar-refractivity contribution in [2.24, 2.45) is 7.05 Å². The van der Waals surface area contributed by atoms with E-state index in [-0.39, 0.29) is 12.1 Å². The van der Waals surface area contributed by atoms with Crippen molar-refractivity contribution in [3.8, 4) is 0 Å². The van der Waals surface area contributed by atoms with Gasteiger partial charge in [0.1, 0.15) is 0 Å². The van der Waals surface area contributed by atoms with Gasteiger partial charge in [-0.05, 0) is 18.2 Å². The summed E-state index contributed by atoms with van der Waals surface area (Å²) in [6.45, 7) is -0.306. The van der Waals surface area contributed by atoms with Gasteiger partial charge in [0.2, 0.25) is 0 Å². The summed E-state index contributed by atoms with van der Waals surface area (Å²) in [5.41, 5.74) is 6.24. The molecule has 8 heteroatoms. The van der Waals surface area contributed by atoms with Crippen LogP contribution in [0, 0.1) is 0 Å². The number of hydrogen-bond donors (Lipinski definition) is 3. The fourth-order valence-corrected chi connectivity index (χ4v) is 2.88. The van der Waals surface area contributed by atoms with Crippen molar-refractivity contribution < 1.29 is 14.4 Å². The van der Waals surface area contributed by atoms with Crippen molar-refractivity contribution in [3.05, 3.63) is 70.9 Å². The van der Waals surface area contributed by atoms with E-state index >= 15 is 0 Å². The number of benzene rings is 2. The van der Waals surface area contributed by atoms with E-state index in [0.29, 0.717) is 10.6 Å². The Hall–Kier alpha value is -3.32. The first-order valence-electron chi connectivity index (χ1n) is 8.13. The molecule has 1 heterocycles. The van der Waals surface area contributed by atoms with E-state index in [4.69, 9.17) is 11.6 Å². The molecule has 0 spiro atoms. The van der Waals surface area contributed by atoms with Crippen LogP contribution in [0.4, 0.5) is 0 Å². The number of hydrazine groups is 1. The Morgan fingerprint density at radius 2 is 1.63 bits per heavy atom. The van der Waals surface area contributed by atoms with Crippen molar-refractivity contribution in [2.45, 2.75) is 0 Å². The topological polar surface area (TPSA) is 92.2 Å². The molecule has 27 heavy (non-hydrogen) atoms. The molecule has 3 aromatic rings. The number of aryl methyl sites for hydroxylation is 1. The van der Waals surface area contributed by atoms with E-state index < -0.39 is 17.7 Å². The van der Waals surface area contributed by atoms with Crippen LogP contribution in [-0.2, 0) is 11.8 Å². The summed E-state index contributed by atoms with van der Waals surface area (Å²) in [7, 11) is 1.84. The average Bonchev–Trinajstić information content (AvgIpc) is 3.01. The maximum Gasteiger partial charge on any atom is 0.271 e. The molecule has 0 atom stereocenters. The highest BCUT2D eigenvalue weighted by Crippen LogP contribution is 2.19. The third kappa shape index (κ3) is 4.09. The molecule has 3 N–H and O–H groups in total. The van der Waals surface area contributed by atoms with Gasteiger partial charge in [-0.2, -0.15) is 0 Å². The lowest BCUT2D eigenvalue weighted by molar-refractivity contribution is -0.120. The lowest BCUT2D eigenvalue weighted by Crippen LogP contribution is -2.46. The number of rotatable bonds is 4. The number of halogens is 1. The molecule has 7 nitrogen and oxygen atoms in total. The van der Waals surface area contributed by atoms with Gasteiger partial charge in [0.15, 0.2) is 0 Å². The molecule has 2 aromatic carbocycles. The molecule has 0 unspecified atom stereocenters. The van der Waals surface area contributed by atoms with E-state index in [9.17, 15) is 14.4 Å². The van der Waals surface area contributed by atoms with Gasteiger partial charge in [0.25, 0.3) is 17.7 Å². The zero-order chi connectivity index (χ0) is 19.4. The van der Waals surface area contributed by atoms with E-state index in [1.54, 1.807) is 30.5 Å². The van der Waals surface area contributed by atoms with Crippen LogP contribution >= 0.6 is 11.6 Å². The van der Waals surface area contributed by atoms with Crippen molar-refractivity contribution in [1.29, 1.82) is 0 Å². The van der Waals surface area contributed by atoms with E-state index in [2.05, 4.69) is 16.2 Å². The number of carbonyl (C=O) groups excluding carboxylic acids is 3. The lowest BCUT2D eigenvalue weighted by Gasteiger charge is -2.09. The summed E-state index contributed by atoms with van der Waals surface area (Å²) in [6.07, 6.45) is 1.69. The molecule has 0 aliphatic heterocycles. The second-order valence-corrected chi connectivity index (χ2v) is 6.24. The molecule has 3 amide bonds. The van der Waals surface area contributed by atoms with Crippen molar-refractivity contribution in [2.75, 3.05) is 6.54 Å². The first-order valence-corrected chi connectivity index (χ1v) is 8.51.